The van der Waals surface area contributed by atoms with Gasteiger partial charge in [-0.25, -0.2) is 4.79 Å². The Balaban J connectivity index is 2.20. The molecule has 0 spiro atoms. The van der Waals surface area contributed by atoms with Gasteiger partial charge in [-0.15, -0.1) is 0 Å². The smallest absolute Gasteiger partial charge is 0.407 e. The van der Waals surface area contributed by atoms with Gasteiger partial charge in [0, 0.05) is 6.54 Å². The summed E-state index contributed by atoms with van der Waals surface area (Å²) in [6.45, 7) is 1.13. The van der Waals surface area contributed by atoms with Crippen molar-refractivity contribution in [1.82, 2.24) is 5.32 Å². The number of hydrogen-bond acceptors (Lipinski definition) is 2. The largest absolute Gasteiger partial charge is 0.450 e. The molecule has 0 radical (unpaired) electrons. The van der Waals surface area contributed by atoms with Gasteiger partial charge in [-0.1, -0.05) is 44.3 Å². The first-order chi connectivity index (χ1) is 7.89. The maximum atomic E-state index is 11.2. The van der Waals surface area contributed by atoms with Gasteiger partial charge in [0.1, 0.15) is 0 Å². The van der Waals surface area contributed by atoms with Gasteiger partial charge in [0.05, 0.1) is 6.61 Å². The summed E-state index contributed by atoms with van der Waals surface area (Å²) in [5.74, 6) is 0. The molecule has 1 aliphatic rings. The predicted octanol–water partition coefficient (Wildman–Crippen LogP) is 3.40. The van der Waals surface area contributed by atoms with E-state index in [1.165, 1.54) is 38.5 Å². The molecule has 1 N–H and O–H groups in total. The lowest BCUT2D eigenvalue weighted by Gasteiger charge is -2.04. The number of carbonyl (C=O) groups is 1. The van der Waals surface area contributed by atoms with Gasteiger partial charge in [-0.3, -0.25) is 0 Å². The summed E-state index contributed by atoms with van der Waals surface area (Å²) >= 11 is 0. The summed E-state index contributed by atoms with van der Waals surface area (Å²) in [5, 5.41) is 2.70. The van der Waals surface area contributed by atoms with Crippen LogP contribution in [0.2, 0.25) is 0 Å². The Labute approximate surface area is 98.2 Å². The monoisotopic (exact) mass is 225 g/mol. The van der Waals surface area contributed by atoms with Crippen LogP contribution in [0, 0.1) is 0 Å². The van der Waals surface area contributed by atoms with Crippen molar-refractivity contribution in [3.05, 3.63) is 12.2 Å². The molecule has 0 saturated carbocycles. The molecule has 0 aromatic heterocycles. The standard InChI is InChI=1S/C13H23NO2/c15-13-14-11-9-7-5-3-1-2-4-6-8-10-12-16-13/h7,9H,1-6,8,10-12H2,(H,14,15)/b9-7-. The van der Waals surface area contributed by atoms with Crippen LogP contribution >= 0.6 is 0 Å². The highest BCUT2D eigenvalue weighted by molar-refractivity contribution is 5.67. The lowest BCUT2D eigenvalue weighted by Crippen LogP contribution is -2.24. The van der Waals surface area contributed by atoms with Gasteiger partial charge in [0.25, 0.3) is 0 Å². The Morgan fingerprint density at radius 1 is 0.938 bits per heavy atom. The summed E-state index contributed by atoms with van der Waals surface area (Å²) in [6, 6.07) is 0. The minimum atomic E-state index is -0.292. The number of carbonyl (C=O) groups excluding carboxylic acids is 1. The van der Waals surface area contributed by atoms with E-state index in [1.807, 2.05) is 6.08 Å². The average Bonchev–Trinajstić information content (AvgIpc) is 2.29. The molecule has 3 heteroatoms. The number of ether oxygens (including phenoxy) is 1. The minimum Gasteiger partial charge on any atom is -0.450 e. The number of hydrogen-bond donors (Lipinski definition) is 1. The highest BCUT2D eigenvalue weighted by Gasteiger charge is 1.99. The fourth-order valence-corrected chi connectivity index (χ4v) is 1.81. The summed E-state index contributed by atoms with van der Waals surface area (Å²) in [4.78, 5) is 11.2. The fraction of sp³-hybridized carbons (Fsp3) is 0.769. The van der Waals surface area contributed by atoms with Crippen molar-refractivity contribution in [3.8, 4) is 0 Å². The first-order valence-corrected chi connectivity index (χ1v) is 6.45. The molecule has 3 nitrogen and oxygen atoms in total. The van der Waals surface area contributed by atoms with Gasteiger partial charge in [0.2, 0.25) is 0 Å². The van der Waals surface area contributed by atoms with Crippen LogP contribution in [-0.2, 0) is 4.74 Å². The van der Waals surface area contributed by atoms with Crippen LogP contribution in [0.5, 0.6) is 0 Å². The quantitative estimate of drug-likeness (QED) is 0.642. The molecule has 0 saturated heterocycles. The highest BCUT2D eigenvalue weighted by atomic mass is 16.5. The summed E-state index contributed by atoms with van der Waals surface area (Å²) in [6.07, 6.45) is 13.6. The van der Waals surface area contributed by atoms with E-state index >= 15 is 0 Å². The normalized spacial score (nSPS) is 23.4. The highest BCUT2D eigenvalue weighted by Crippen LogP contribution is 2.09. The molecule has 0 aromatic rings. The van der Waals surface area contributed by atoms with E-state index in [9.17, 15) is 4.79 Å². The van der Waals surface area contributed by atoms with E-state index in [0.29, 0.717) is 13.2 Å². The minimum absolute atomic E-state index is 0.292. The van der Waals surface area contributed by atoms with Crippen LogP contribution < -0.4 is 5.32 Å². The van der Waals surface area contributed by atoms with E-state index in [-0.39, 0.29) is 6.09 Å². The predicted molar refractivity (Wildman–Crippen MR) is 65.4 cm³/mol. The second kappa shape index (κ2) is 9.25. The SMILES string of the molecule is O=C1NC/C=C\CCCCCCCCCO1. The zero-order chi connectivity index (χ0) is 11.5. The maximum absolute atomic E-state index is 11.2. The molecule has 92 valence electrons. The van der Waals surface area contributed by atoms with Gasteiger partial charge in [0.15, 0.2) is 0 Å². The van der Waals surface area contributed by atoms with Crippen LogP contribution in [0.1, 0.15) is 51.4 Å². The molecule has 0 aliphatic carbocycles. The van der Waals surface area contributed by atoms with E-state index in [4.69, 9.17) is 4.74 Å². The Kier molecular flexibility index (Phi) is 7.56. The topological polar surface area (TPSA) is 38.3 Å². The van der Waals surface area contributed by atoms with Gasteiger partial charge in [-0.2, -0.15) is 0 Å². The number of nitrogens with one attached hydrogen (secondary N) is 1. The summed E-state index contributed by atoms with van der Waals surface area (Å²) < 4.78 is 5.03. The summed E-state index contributed by atoms with van der Waals surface area (Å²) in [7, 11) is 0. The lowest BCUT2D eigenvalue weighted by atomic mass is 10.1. The second-order valence-electron chi connectivity index (χ2n) is 4.25. The molecule has 0 unspecified atom stereocenters. The molecular weight excluding hydrogens is 202 g/mol. The molecule has 1 amide bonds. The van der Waals surface area contributed by atoms with Gasteiger partial charge >= 0.3 is 6.09 Å². The van der Waals surface area contributed by atoms with Crippen molar-refractivity contribution < 1.29 is 9.53 Å². The van der Waals surface area contributed by atoms with Crippen molar-refractivity contribution in [3.63, 3.8) is 0 Å². The van der Waals surface area contributed by atoms with Gasteiger partial charge < -0.3 is 10.1 Å². The van der Waals surface area contributed by atoms with Gasteiger partial charge in [-0.05, 0) is 19.3 Å². The Morgan fingerprint density at radius 3 is 2.44 bits per heavy atom. The van der Waals surface area contributed by atoms with Crippen molar-refractivity contribution in [2.75, 3.05) is 13.2 Å². The molecule has 0 bridgehead atoms. The molecule has 1 heterocycles. The second-order valence-corrected chi connectivity index (χ2v) is 4.25. The van der Waals surface area contributed by atoms with Crippen LogP contribution in [0.15, 0.2) is 12.2 Å². The molecule has 16 heavy (non-hydrogen) atoms. The number of rotatable bonds is 0. The number of allylic oxidation sites excluding steroid dienone is 1. The third-order valence-electron chi connectivity index (χ3n) is 2.78. The molecule has 0 aromatic carbocycles. The molecule has 0 fully saturated rings. The van der Waals surface area contributed by atoms with E-state index in [0.717, 1.165) is 12.8 Å². The third-order valence-corrected chi connectivity index (χ3v) is 2.78. The Hall–Kier alpha value is -0.990. The molecule has 0 atom stereocenters. The fourth-order valence-electron chi connectivity index (χ4n) is 1.81. The van der Waals surface area contributed by atoms with Crippen LogP contribution in [-0.4, -0.2) is 19.2 Å². The van der Waals surface area contributed by atoms with Crippen LogP contribution in [0.3, 0.4) is 0 Å². The number of alkyl carbamates (subject to hydrolysis) is 1. The molecule has 1 rings (SSSR count). The third kappa shape index (κ3) is 7.32. The number of amides is 1. The molecule has 1 aliphatic heterocycles. The lowest BCUT2D eigenvalue weighted by molar-refractivity contribution is 0.145. The average molecular weight is 225 g/mol. The first-order valence-electron chi connectivity index (χ1n) is 6.45. The zero-order valence-electron chi connectivity index (χ0n) is 10.0. The van der Waals surface area contributed by atoms with Crippen molar-refractivity contribution in [1.29, 1.82) is 0 Å². The van der Waals surface area contributed by atoms with Crippen molar-refractivity contribution >= 4 is 6.09 Å². The van der Waals surface area contributed by atoms with Crippen molar-refractivity contribution in [2.45, 2.75) is 51.4 Å². The summed E-state index contributed by atoms with van der Waals surface area (Å²) in [5.41, 5.74) is 0. The Morgan fingerprint density at radius 2 is 1.62 bits per heavy atom. The Bertz CT molecular complexity index is 214. The van der Waals surface area contributed by atoms with Crippen molar-refractivity contribution in [2.24, 2.45) is 0 Å². The van der Waals surface area contributed by atoms with E-state index < -0.39 is 0 Å². The zero-order valence-corrected chi connectivity index (χ0v) is 10.0. The van der Waals surface area contributed by atoms with E-state index in [2.05, 4.69) is 11.4 Å². The number of cyclic esters (lactones) is 1. The first kappa shape index (κ1) is 13.1. The van der Waals surface area contributed by atoms with Crippen LogP contribution in [0.25, 0.3) is 0 Å². The maximum Gasteiger partial charge on any atom is 0.407 e. The van der Waals surface area contributed by atoms with E-state index in [1.54, 1.807) is 0 Å². The molecular formula is C13H23NO2. The van der Waals surface area contributed by atoms with Crippen LogP contribution in [0.4, 0.5) is 4.79 Å².